The lowest BCUT2D eigenvalue weighted by Crippen LogP contribution is -2.49. The predicted molar refractivity (Wildman–Crippen MR) is 160 cm³/mol. The largest absolute Gasteiger partial charge is 0.390 e. The molecule has 3 N–H and O–H groups in total. The molecule has 6 nitrogen and oxygen atoms in total. The molecule has 4 rings (SSSR count). The molecule has 0 bridgehead atoms. The lowest BCUT2D eigenvalue weighted by Gasteiger charge is -2.36. The van der Waals surface area contributed by atoms with Crippen LogP contribution in [0, 0.1) is 23.7 Å². The van der Waals surface area contributed by atoms with Crippen molar-refractivity contribution >= 4 is 5.91 Å². The van der Waals surface area contributed by atoms with Crippen LogP contribution in [0.5, 0.6) is 0 Å². The lowest BCUT2D eigenvalue weighted by molar-refractivity contribution is -0.157. The Kier molecular flexibility index (Phi) is 11.3. The maximum Gasteiger partial charge on any atom is 0.222 e. The van der Waals surface area contributed by atoms with E-state index < -0.39 is 18.3 Å². The highest BCUT2D eigenvalue weighted by atomic mass is 16.5. The van der Waals surface area contributed by atoms with Crippen molar-refractivity contribution in [2.75, 3.05) is 0 Å². The first kappa shape index (κ1) is 31.2. The monoisotopic (exact) mass is 555 g/mol. The molecule has 2 saturated carbocycles. The Morgan fingerprint density at radius 1 is 1.12 bits per heavy atom. The van der Waals surface area contributed by atoms with E-state index in [2.05, 4.69) is 70.3 Å². The molecule has 0 radical (unpaired) electrons. The number of aliphatic hydroxyl groups excluding tert-OH is 2. The number of amides is 1. The Balaban J connectivity index is 1.26. The third-order valence-corrected chi connectivity index (χ3v) is 9.54. The zero-order valence-electron chi connectivity index (χ0n) is 25.3. The van der Waals surface area contributed by atoms with Crippen molar-refractivity contribution in [3.8, 4) is 0 Å². The second-order valence-electron chi connectivity index (χ2n) is 12.9. The van der Waals surface area contributed by atoms with E-state index in [1.165, 1.54) is 30.4 Å². The molecule has 6 heteroatoms. The first-order chi connectivity index (χ1) is 19.2. The standard InChI is InChI=1S/C34H53NO5/c1-6-30-22(3)13-16-31(40-30)23(4)18-21(2)12-14-27-24(5)28(27)15-17-32-34(38)29(36)19-26(39-32)20-33(37)35-25-10-8-7-9-11-25/h12-15,17-18,21,24-32,34,36,38H,6-11,16,19-20H2,1-5H3,(H,35,37)/b14-12+,17-15+,23-18+/t21-,24-,26+,27+,28+,29+,30-,31-,32+,34-/m1/s1. The summed E-state index contributed by atoms with van der Waals surface area (Å²) in [5.41, 5.74) is 2.64. The number of carbonyl (C=O) groups is 1. The van der Waals surface area contributed by atoms with Gasteiger partial charge in [0.15, 0.2) is 0 Å². The van der Waals surface area contributed by atoms with Gasteiger partial charge in [0.2, 0.25) is 5.91 Å². The van der Waals surface area contributed by atoms with E-state index in [1.54, 1.807) is 0 Å². The number of hydrogen-bond donors (Lipinski definition) is 3. The average molecular weight is 556 g/mol. The van der Waals surface area contributed by atoms with Gasteiger partial charge in [-0.15, -0.1) is 0 Å². The number of allylic oxidation sites excluding steroid dienone is 4. The van der Waals surface area contributed by atoms with Gasteiger partial charge in [-0.25, -0.2) is 0 Å². The summed E-state index contributed by atoms with van der Waals surface area (Å²) in [6.45, 7) is 11.0. The molecule has 40 heavy (non-hydrogen) atoms. The number of aliphatic hydroxyl groups is 2. The summed E-state index contributed by atoms with van der Waals surface area (Å²) >= 11 is 0. The molecule has 4 aliphatic rings. The highest BCUT2D eigenvalue weighted by Gasteiger charge is 2.43. The number of hydrogen-bond acceptors (Lipinski definition) is 5. The summed E-state index contributed by atoms with van der Waals surface area (Å²) in [5, 5.41) is 24.2. The molecule has 0 spiro atoms. The van der Waals surface area contributed by atoms with Crippen LogP contribution in [0.4, 0.5) is 0 Å². The van der Waals surface area contributed by atoms with Crippen LogP contribution in [0.2, 0.25) is 0 Å². The fourth-order valence-electron chi connectivity index (χ4n) is 6.77. The SMILES string of the molecule is CC[C@H]1O[C@@H](/C(C)=C/[C@H](C)/C=C/[C@H]2[C@@H](C)[C@@H]2/C=C/[C@@H]2O[C@H](CC(=O)NC3CCCCC3)C[C@H](O)[C@H]2O)CC=C1C. The van der Waals surface area contributed by atoms with Crippen LogP contribution in [0.15, 0.2) is 47.6 Å². The van der Waals surface area contributed by atoms with Gasteiger partial charge in [-0.3, -0.25) is 4.79 Å². The number of nitrogens with one attached hydrogen (secondary N) is 1. The van der Waals surface area contributed by atoms with Gasteiger partial charge in [-0.1, -0.05) is 76.5 Å². The fraction of sp³-hybridized carbons (Fsp3) is 0.735. The van der Waals surface area contributed by atoms with Crippen molar-refractivity contribution < 1.29 is 24.5 Å². The van der Waals surface area contributed by atoms with Crippen LogP contribution in [0.1, 0.15) is 92.4 Å². The third kappa shape index (κ3) is 8.40. The smallest absolute Gasteiger partial charge is 0.222 e. The Labute approximate surface area is 242 Å². The van der Waals surface area contributed by atoms with Crippen LogP contribution in [0.25, 0.3) is 0 Å². The summed E-state index contributed by atoms with van der Waals surface area (Å²) in [6, 6.07) is 0.259. The molecule has 10 atom stereocenters. The van der Waals surface area contributed by atoms with Gasteiger partial charge in [-0.05, 0) is 74.3 Å². The molecule has 2 heterocycles. The van der Waals surface area contributed by atoms with Gasteiger partial charge in [0, 0.05) is 12.5 Å². The number of rotatable bonds is 10. The third-order valence-electron chi connectivity index (χ3n) is 9.54. The van der Waals surface area contributed by atoms with E-state index in [0.717, 1.165) is 25.7 Å². The van der Waals surface area contributed by atoms with Crippen LogP contribution >= 0.6 is 0 Å². The average Bonchev–Trinajstić information content (AvgIpc) is 3.56. The van der Waals surface area contributed by atoms with Crippen molar-refractivity contribution in [2.45, 2.75) is 135 Å². The molecule has 224 valence electrons. The molecule has 1 saturated heterocycles. The molecule has 0 unspecified atom stereocenters. The minimum absolute atomic E-state index is 0.0190. The van der Waals surface area contributed by atoms with E-state index in [4.69, 9.17) is 9.47 Å². The van der Waals surface area contributed by atoms with Crippen molar-refractivity contribution in [3.05, 3.63) is 47.6 Å². The minimum Gasteiger partial charge on any atom is -0.390 e. The molecule has 0 aromatic carbocycles. The van der Waals surface area contributed by atoms with Crippen LogP contribution in [-0.4, -0.2) is 58.8 Å². The molecule has 3 fully saturated rings. The Hall–Kier alpha value is -1.73. The van der Waals surface area contributed by atoms with Crippen LogP contribution < -0.4 is 5.32 Å². The predicted octanol–water partition coefficient (Wildman–Crippen LogP) is 5.80. The molecule has 0 aromatic rings. The van der Waals surface area contributed by atoms with E-state index in [-0.39, 0.29) is 43.1 Å². The summed E-state index contributed by atoms with van der Waals surface area (Å²) < 4.78 is 12.4. The number of ether oxygens (including phenoxy) is 2. The first-order valence-electron chi connectivity index (χ1n) is 15.8. The maximum atomic E-state index is 12.6. The van der Waals surface area contributed by atoms with Gasteiger partial charge in [0.25, 0.3) is 0 Å². The Bertz CT molecular complexity index is 963. The topological polar surface area (TPSA) is 88.0 Å². The van der Waals surface area contributed by atoms with Gasteiger partial charge in [0.1, 0.15) is 12.2 Å². The first-order valence-corrected chi connectivity index (χ1v) is 15.8. The summed E-state index contributed by atoms with van der Waals surface area (Å²) in [7, 11) is 0. The minimum atomic E-state index is -0.974. The Morgan fingerprint density at radius 2 is 1.85 bits per heavy atom. The van der Waals surface area contributed by atoms with E-state index >= 15 is 0 Å². The molecule has 2 aliphatic heterocycles. The number of carbonyl (C=O) groups excluding carboxylic acids is 1. The van der Waals surface area contributed by atoms with E-state index in [9.17, 15) is 15.0 Å². The van der Waals surface area contributed by atoms with Gasteiger partial charge in [-0.2, -0.15) is 0 Å². The van der Waals surface area contributed by atoms with Crippen LogP contribution in [-0.2, 0) is 14.3 Å². The molecule has 0 aromatic heterocycles. The molecule has 2 aliphatic carbocycles. The fourth-order valence-corrected chi connectivity index (χ4v) is 6.77. The molecular weight excluding hydrogens is 502 g/mol. The second kappa shape index (κ2) is 14.4. The zero-order valence-corrected chi connectivity index (χ0v) is 25.3. The maximum absolute atomic E-state index is 12.6. The van der Waals surface area contributed by atoms with Gasteiger partial charge >= 0.3 is 0 Å². The van der Waals surface area contributed by atoms with Gasteiger partial charge < -0.3 is 25.0 Å². The molecule has 1 amide bonds. The van der Waals surface area contributed by atoms with Crippen molar-refractivity contribution in [1.29, 1.82) is 0 Å². The van der Waals surface area contributed by atoms with Crippen LogP contribution in [0.3, 0.4) is 0 Å². The zero-order chi connectivity index (χ0) is 28.8. The van der Waals surface area contributed by atoms with Crippen molar-refractivity contribution in [2.24, 2.45) is 23.7 Å². The van der Waals surface area contributed by atoms with Gasteiger partial charge in [0.05, 0.1) is 30.8 Å². The summed E-state index contributed by atoms with van der Waals surface area (Å²) in [4.78, 5) is 12.6. The normalized spacial score (nSPS) is 38.4. The Morgan fingerprint density at radius 3 is 2.58 bits per heavy atom. The van der Waals surface area contributed by atoms with E-state index in [1.807, 2.05) is 6.08 Å². The second-order valence-corrected chi connectivity index (χ2v) is 12.9. The summed E-state index contributed by atoms with van der Waals surface area (Å²) in [6.07, 6.45) is 18.9. The summed E-state index contributed by atoms with van der Waals surface area (Å²) in [5.74, 6) is 1.67. The van der Waals surface area contributed by atoms with Crippen molar-refractivity contribution in [3.63, 3.8) is 0 Å². The van der Waals surface area contributed by atoms with Crippen molar-refractivity contribution in [1.82, 2.24) is 5.32 Å². The van der Waals surface area contributed by atoms with E-state index in [0.29, 0.717) is 23.7 Å². The molecular formula is C34H53NO5. The quantitative estimate of drug-likeness (QED) is 0.297. The highest BCUT2D eigenvalue weighted by Crippen LogP contribution is 2.48. The highest BCUT2D eigenvalue weighted by molar-refractivity contribution is 5.76. The lowest BCUT2D eigenvalue weighted by atomic mass is 9.94.